The number of alkyl carbamates (subject to hydrolysis) is 1. The van der Waals surface area contributed by atoms with Gasteiger partial charge in [0, 0.05) is 62.1 Å². The van der Waals surface area contributed by atoms with Gasteiger partial charge in [0.05, 0.1) is 29.9 Å². The number of aryl methyl sites for hydroxylation is 1. The van der Waals surface area contributed by atoms with Crippen molar-refractivity contribution in [3.63, 3.8) is 0 Å². The smallest absolute Gasteiger partial charge is 0.408 e. The number of benzene rings is 2. The van der Waals surface area contributed by atoms with Gasteiger partial charge in [-0.25, -0.2) is 14.8 Å². The zero-order valence-corrected chi connectivity index (χ0v) is 26.7. The molecule has 0 radical (unpaired) electrons. The van der Waals surface area contributed by atoms with Crippen LogP contribution in [0.4, 0.5) is 27.8 Å². The second-order valence-corrected chi connectivity index (χ2v) is 11.8. The summed E-state index contributed by atoms with van der Waals surface area (Å²) in [6.45, 7) is 6.50. The molecule has 2 heterocycles. The van der Waals surface area contributed by atoms with Crippen LogP contribution in [0.3, 0.4) is 0 Å². The van der Waals surface area contributed by atoms with Crippen molar-refractivity contribution in [2.24, 2.45) is 7.05 Å². The Morgan fingerprint density at radius 1 is 1.02 bits per heavy atom. The van der Waals surface area contributed by atoms with Gasteiger partial charge in [0.1, 0.15) is 17.9 Å². The summed E-state index contributed by atoms with van der Waals surface area (Å²) in [6, 6.07) is 13.7. The number of aromatic nitrogens is 3. The predicted octanol–water partition coefficient (Wildman–Crippen LogP) is 4.85. The minimum Gasteiger partial charge on any atom is -0.494 e. The van der Waals surface area contributed by atoms with Crippen LogP contribution in [0.1, 0.15) is 20.8 Å². The number of carbonyl (C=O) groups excluding carboxylic acids is 2. The van der Waals surface area contributed by atoms with Crippen LogP contribution in [0.2, 0.25) is 0 Å². The van der Waals surface area contributed by atoms with Crippen molar-refractivity contribution < 1.29 is 19.1 Å². The Labute approximate surface area is 258 Å². The molecule has 0 spiro atoms. The first-order chi connectivity index (χ1) is 20.8. The highest BCUT2D eigenvalue weighted by molar-refractivity contribution is 5.98. The van der Waals surface area contributed by atoms with Gasteiger partial charge in [-0.15, -0.1) is 0 Å². The molecule has 4 rings (SSSR count). The summed E-state index contributed by atoms with van der Waals surface area (Å²) in [7, 11) is 9.53. The second kappa shape index (κ2) is 13.6. The summed E-state index contributed by atoms with van der Waals surface area (Å²) < 4.78 is 13.1. The van der Waals surface area contributed by atoms with Gasteiger partial charge in [-0.2, -0.15) is 0 Å². The fraction of sp³-hybridized carbons (Fsp3) is 0.375. The lowest BCUT2D eigenvalue weighted by Gasteiger charge is -2.26. The topological polar surface area (TPSA) is 126 Å². The number of para-hydroxylation sites is 1. The molecule has 0 aliphatic carbocycles. The number of nitrogens with zero attached hydrogens (tertiary/aromatic N) is 5. The number of nitrogens with one attached hydrogen (secondary N) is 3. The molecule has 0 bridgehead atoms. The highest BCUT2D eigenvalue weighted by Gasteiger charge is 2.20. The summed E-state index contributed by atoms with van der Waals surface area (Å²) >= 11 is 0. The third kappa shape index (κ3) is 8.16. The van der Waals surface area contributed by atoms with Crippen LogP contribution >= 0.6 is 0 Å². The van der Waals surface area contributed by atoms with Crippen molar-refractivity contribution in [1.29, 1.82) is 0 Å². The van der Waals surface area contributed by atoms with E-state index in [4.69, 9.17) is 14.5 Å². The zero-order chi connectivity index (χ0) is 32.0. The van der Waals surface area contributed by atoms with E-state index >= 15 is 0 Å². The molecule has 0 saturated heterocycles. The maximum absolute atomic E-state index is 13.0. The average Bonchev–Trinajstić information content (AvgIpc) is 3.30. The van der Waals surface area contributed by atoms with Gasteiger partial charge in [0.15, 0.2) is 0 Å². The Morgan fingerprint density at radius 2 is 1.77 bits per heavy atom. The van der Waals surface area contributed by atoms with E-state index in [-0.39, 0.29) is 6.54 Å². The molecule has 0 fully saturated rings. The lowest BCUT2D eigenvalue weighted by Crippen LogP contribution is -2.37. The lowest BCUT2D eigenvalue weighted by molar-refractivity contribution is -0.115. The third-order valence-electron chi connectivity index (χ3n) is 6.75. The molecule has 2 amide bonds. The first-order valence-electron chi connectivity index (χ1n) is 14.3. The normalized spacial score (nSPS) is 11.4. The Kier molecular flexibility index (Phi) is 9.94. The maximum atomic E-state index is 13.0. The number of fused-ring (bicyclic) bond motifs is 1. The molecule has 3 N–H and O–H groups in total. The number of hydrogen-bond donors (Lipinski definition) is 3. The molecule has 2 aromatic heterocycles. The second-order valence-electron chi connectivity index (χ2n) is 11.8. The Bertz CT molecular complexity index is 1630. The van der Waals surface area contributed by atoms with Gasteiger partial charge >= 0.3 is 6.09 Å². The van der Waals surface area contributed by atoms with Crippen LogP contribution in [0, 0.1) is 0 Å². The number of hydrogen-bond acceptors (Lipinski definition) is 9. The number of methoxy groups -OCH3 is 1. The maximum Gasteiger partial charge on any atom is 0.408 e. The van der Waals surface area contributed by atoms with Crippen molar-refractivity contribution in [3.8, 4) is 17.0 Å². The van der Waals surface area contributed by atoms with Gasteiger partial charge in [-0.1, -0.05) is 18.2 Å². The van der Waals surface area contributed by atoms with Crippen LogP contribution in [0.5, 0.6) is 5.75 Å². The third-order valence-corrected chi connectivity index (χ3v) is 6.75. The number of anilines is 4. The van der Waals surface area contributed by atoms with E-state index in [1.54, 1.807) is 40.1 Å². The molecule has 0 aliphatic heterocycles. The fourth-order valence-electron chi connectivity index (χ4n) is 4.62. The first-order valence-corrected chi connectivity index (χ1v) is 14.3. The predicted molar refractivity (Wildman–Crippen MR) is 175 cm³/mol. The summed E-state index contributed by atoms with van der Waals surface area (Å²) in [5, 5.41) is 9.80. The van der Waals surface area contributed by atoms with Gasteiger partial charge < -0.3 is 39.8 Å². The summed E-state index contributed by atoms with van der Waals surface area (Å²) in [5.41, 5.74) is 4.01. The van der Waals surface area contributed by atoms with Crippen molar-refractivity contribution >= 4 is 45.9 Å². The van der Waals surface area contributed by atoms with Gasteiger partial charge in [0.2, 0.25) is 11.9 Å². The number of likely N-dealkylation sites (N-methyl/N-ethyl adjacent to an activating group) is 2. The molecule has 234 valence electrons. The number of rotatable bonds is 11. The SMILES string of the molecule is COc1cc(N(C)CCN(C)C)c(NC(=O)CNC(=O)OC(C)(C)C)cc1Nc1nccc(-c2cn(C)c3ccccc23)n1. The summed E-state index contributed by atoms with van der Waals surface area (Å²) in [6.07, 6.45) is 3.08. The highest BCUT2D eigenvalue weighted by Crippen LogP contribution is 2.38. The van der Waals surface area contributed by atoms with Crippen LogP contribution in [-0.2, 0) is 16.6 Å². The van der Waals surface area contributed by atoms with E-state index in [1.807, 2.05) is 57.4 Å². The van der Waals surface area contributed by atoms with Crippen molar-refractivity contribution in [2.45, 2.75) is 26.4 Å². The van der Waals surface area contributed by atoms with Crippen LogP contribution in [0.15, 0.2) is 54.9 Å². The minimum absolute atomic E-state index is 0.263. The molecule has 2 aromatic carbocycles. The monoisotopic (exact) mass is 602 g/mol. The fourth-order valence-corrected chi connectivity index (χ4v) is 4.62. The van der Waals surface area contributed by atoms with E-state index in [0.717, 1.165) is 34.4 Å². The standard InChI is InChI=1S/C32H42N8O4/c1-32(2,3)44-31(42)34-19-29(41)35-24-17-25(28(43-8)18-27(24)39(6)16-15-38(4)5)37-30-33-14-13-23(36-30)22-20-40(7)26-12-10-9-11-21(22)26/h9-14,17-18,20H,15-16,19H2,1-8H3,(H,34,42)(H,35,41)(H,33,36,37). The minimum atomic E-state index is -0.674. The number of amides is 2. The molecule has 0 aliphatic rings. The van der Waals surface area contributed by atoms with E-state index in [2.05, 4.69) is 48.7 Å². The van der Waals surface area contributed by atoms with E-state index < -0.39 is 17.6 Å². The number of carbonyl (C=O) groups is 2. The van der Waals surface area contributed by atoms with Crippen molar-refractivity contribution in [1.82, 2.24) is 24.8 Å². The van der Waals surface area contributed by atoms with Crippen LogP contribution < -0.4 is 25.6 Å². The summed E-state index contributed by atoms with van der Waals surface area (Å²) in [5.74, 6) is 0.496. The largest absolute Gasteiger partial charge is 0.494 e. The first kappa shape index (κ1) is 32.1. The Balaban J connectivity index is 1.63. The lowest BCUT2D eigenvalue weighted by atomic mass is 10.1. The molecular formula is C32H42N8O4. The molecule has 0 atom stereocenters. The molecule has 12 heteroatoms. The van der Waals surface area contributed by atoms with Gasteiger partial charge in [0.25, 0.3) is 0 Å². The molecule has 0 unspecified atom stereocenters. The highest BCUT2D eigenvalue weighted by atomic mass is 16.6. The quantitative estimate of drug-likeness (QED) is 0.221. The van der Waals surface area contributed by atoms with Gasteiger partial charge in [-0.3, -0.25) is 4.79 Å². The Hall–Kier alpha value is -4.84. The molecule has 0 saturated carbocycles. The average molecular weight is 603 g/mol. The van der Waals surface area contributed by atoms with E-state index in [9.17, 15) is 9.59 Å². The molecule has 4 aromatic rings. The molecule has 12 nitrogen and oxygen atoms in total. The molecule has 44 heavy (non-hydrogen) atoms. The van der Waals surface area contributed by atoms with Crippen LogP contribution in [0.25, 0.3) is 22.2 Å². The van der Waals surface area contributed by atoms with Crippen molar-refractivity contribution in [3.05, 3.63) is 54.9 Å². The Morgan fingerprint density at radius 3 is 2.48 bits per heavy atom. The molecular weight excluding hydrogens is 560 g/mol. The van der Waals surface area contributed by atoms with Gasteiger partial charge in [-0.05, 0) is 53.1 Å². The summed E-state index contributed by atoms with van der Waals surface area (Å²) in [4.78, 5) is 38.4. The van der Waals surface area contributed by atoms with Crippen molar-refractivity contribution in [2.75, 3.05) is 63.4 Å². The van der Waals surface area contributed by atoms with Crippen LogP contribution in [-0.4, -0.2) is 84.9 Å². The number of ether oxygens (including phenoxy) is 2. The van der Waals surface area contributed by atoms with E-state index in [0.29, 0.717) is 29.6 Å². The van der Waals surface area contributed by atoms with E-state index in [1.165, 1.54) is 0 Å². The zero-order valence-electron chi connectivity index (χ0n) is 26.7.